The Hall–Kier alpha value is -1.29. The van der Waals surface area contributed by atoms with Crippen LogP contribution in [0.15, 0.2) is 18.2 Å². The quantitative estimate of drug-likeness (QED) is 0.782. The predicted octanol–water partition coefficient (Wildman–Crippen LogP) is 1.56. The fraction of sp³-hybridized carbons (Fsp3) is 0.400. The molecule has 0 atom stereocenters. The summed E-state index contributed by atoms with van der Waals surface area (Å²) in [6, 6.07) is 4.17. The van der Waals surface area contributed by atoms with Crippen LogP contribution in [0, 0.1) is 5.82 Å². The van der Waals surface area contributed by atoms with Gasteiger partial charge in [0.1, 0.15) is 12.4 Å². The summed E-state index contributed by atoms with van der Waals surface area (Å²) in [6.07, 6.45) is 0. The van der Waals surface area contributed by atoms with Crippen LogP contribution >= 0.6 is 0 Å². The largest absolute Gasteiger partial charge is 0.490 e. The summed E-state index contributed by atoms with van der Waals surface area (Å²) in [7, 11) is 0. The van der Waals surface area contributed by atoms with Crippen LogP contribution < -0.4 is 15.2 Å². The third-order valence-electron chi connectivity index (χ3n) is 1.58. The monoisotopic (exact) mass is 199 g/mol. The maximum atomic E-state index is 12.8. The number of rotatable bonds is 5. The molecule has 0 bridgehead atoms. The van der Waals surface area contributed by atoms with Gasteiger partial charge in [-0.25, -0.2) is 4.39 Å². The van der Waals surface area contributed by atoms with Crippen molar-refractivity contribution in [1.29, 1.82) is 0 Å². The van der Waals surface area contributed by atoms with Crippen molar-refractivity contribution in [1.82, 2.24) is 0 Å². The highest BCUT2D eigenvalue weighted by Crippen LogP contribution is 2.27. The molecule has 2 N–H and O–H groups in total. The second-order valence-corrected chi connectivity index (χ2v) is 2.66. The summed E-state index contributed by atoms with van der Waals surface area (Å²) in [6.45, 7) is 3.12. The van der Waals surface area contributed by atoms with Crippen LogP contribution in [0.4, 0.5) is 4.39 Å². The summed E-state index contributed by atoms with van der Waals surface area (Å²) in [5, 5.41) is 0. The van der Waals surface area contributed by atoms with Gasteiger partial charge in [-0.3, -0.25) is 0 Å². The number of ether oxygens (including phenoxy) is 2. The van der Waals surface area contributed by atoms with Crippen LogP contribution in [0.2, 0.25) is 0 Å². The summed E-state index contributed by atoms with van der Waals surface area (Å²) in [5.74, 6) is 0.597. The molecule has 0 aliphatic rings. The van der Waals surface area contributed by atoms with E-state index in [0.29, 0.717) is 31.3 Å². The van der Waals surface area contributed by atoms with Gasteiger partial charge in [-0.2, -0.15) is 0 Å². The number of halogens is 1. The molecule has 0 aromatic heterocycles. The van der Waals surface area contributed by atoms with E-state index in [1.54, 1.807) is 6.07 Å². The van der Waals surface area contributed by atoms with Crippen molar-refractivity contribution >= 4 is 0 Å². The third kappa shape index (κ3) is 2.88. The minimum Gasteiger partial charge on any atom is -0.490 e. The first-order valence-corrected chi connectivity index (χ1v) is 4.53. The van der Waals surface area contributed by atoms with Crippen molar-refractivity contribution in [3.05, 3.63) is 24.0 Å². The molecule has 1 rings (SSSR count). The number of hydrogen-bond donors (Lipinski definition) is 1. The molecule has 1 aromatic rings. The average molecular weight is 199 g/mol. The Labute approximate surface area is 82.6 Å². The van der Waals surface area contributed by atoms with Gasteiger partial charge in [0.25, 0.3) is 0 Å². The molecule has 0 fully saturated rings. The van der Waals surface area contributed by atoms with E-state index in [9.17, 15) is 4.39 Å². The van der Waals surface area contributed by atoms with Crippen molar-refractivity contribution in [2.75, 3.05) is 19.8 Å². The van der Waals surface area contributed by atoms with E-state index < -0.39 is 0 Å². The lowest BCUT2D eigenvalue weighted by atomic mass is 10.3. The Kier molecular flexibility index (Phi) is 4.19. The Balaban J connectivity index is 2.79. The first kappa shape index (κ1) is 10.8. The second-order valence-electron chi connectivity index (χ2n) is 2.66. The molecule has 78 valence electrons. The molecule has 0 aliphatic heterocycles. The summed E-state index contributed by atoms with van der Waals surface area (Å²) >= 11 is 0. The van der Waals surface area contributed by atoms with E-state index >= 15 is 0 Å². The summed E-state index contributed by atoms with van der Waals surface area (Å²) in [4.78, 5) is 0. The first-order chi connectivity index (χ1) is 6.77. The molecule has 0 heterocycles. The lowest BCUT2D eigenvalue weighted by Crippen LogP contribution is -2.11. The molecule has 4 heteroatoms. The molecule has 0 unspecified atom stereocenters. The molecule has 0 amide bonds. The maximum absolute atomic E-state index is 12.8. The highest BCUT2D eigenvalue weighted by atomic mass is 19.1. The van der Waals surface area contributed by atoms with Gasteiger partial charge in [0.15, 0.2) is 11.5 Å². The lowest BCUT2D eigenvalue weighted by Gasteiger charge is -2.10. The van der Waals surface area contributed by atoms with Gasteiger partial charge in [0.2, 0.25) is 0 Å². The van der Waals surface area contributed by atoms with Crippen LogP contribution in [0.5, 0.6) is 11.5 Å². The number of nitrogens with two attached hydrogens (primary N) is 1. The van der Waals surface area contributed by atoms with Crippen LogP contribution in [-0.2, 0) is 0 Å². The Morgan fingerprint density at radius 1 is 1.29 bits per heavy atom. The predicted molar refractivity (Wildman–Crippen MR) is 52.1 cm³/mol. The van der Waals surface area contributed by atoms with Crippen molar-refractivity contribution in [2.45, 2.75) is 6.92 Å². The Bertz CT molecular complexity index is 291. The van der Waals surface area contributed by atoms with E-state index in [1.807, 2.05) is 6.92 Å². The highest BCUT2D eigenvalue weighted by Gasteiger charge is 2.05. The van der Waals surface area contributed by atoms with Crippen LogP contribution in [0.1, 0.15) is 6.92 Å². The van der Waals surface area contributed by atoms with E-state index in [1.165, 1.54) is 12.1 Å². The van der Waals surface area contributed by atoms with Gasteiger partial charge in [-0.05, 0) is 19.1 Å². The number of benzene rings is 1. The molecule has 0 spiro atoms. The van der Waals surface area contributed by atoms with Crippen LogP contribution in [-0.4, -0.2) is 19.8 Å². The van der Waals surface area contributed by atoms with E-state index in [-0.39, 0.29) is 5.82 Å². The fourth-order valence-corrected chi connectivity index (χ4v) is 1.04. The topological polar surface area (TPSA) is 44.5 Å². The Morgan fingerprint density at radius 3 is 2.71 bits per heavy atom. The smallest absolute Gasteiger partial charge is 0.164 e. The molecule has 0 radical (unpaired) electrons. The zero-order valence-electron chi connectivity index (χ0n) is 8.13. The molecule has 0 saturated carbocycles. The van der Waals surface area contributed by atoms with Gasteiger partial charge in [0.05, 0.1) is 6.61 Å². The van der Waals surface area contributed by atoms with Crippen LogP contribution in [0.3, 0.4) is 0 Å². The lowest BCUT2D eigenvalue weighted by molar-refractivity contribution is 0.281. The SMILES string of the molecule is CCOc1ccc(F)cc1OCCN. The first-order valence-electron chi connectivity index (χ1n) is 4.53. The van der Waals surface area contributed by atoms with Crippen molar-refractivity contribution in [2.24, 2.45) is 5.73 Å². The molecule has 0 aliphatic carbocycles. The van der Waals surface area contributed by atoms with Gasteiger partial charge in [-0.15, -0.1) is 0 Å². The Morgan fingerprint density at radius 2 is 2.07 bits per heavy atom. The number of hydrogen-bond acceptors (Lipinski definition) is 3. The summed E-state index contributed by atoms with van der Waals surface area (Å²) in [5.41, 5.74) is 5.28. The van der Waals surface area contributed by atoms with E-state index in [4.69, 9.17) is 15.2 Å². The van der Waals surface area contributed by atoms with Gasteiger partial charge in [-0.1, -0.05) is 0 Å². The van der Waals surface area contributed by atoms with Crippen molar-refractivity contribution in [3.8, 4) is 11.5 Å². The second kappa shape index (κ2) is 5.44. The van der Waals surface area contributed by atoms with Crippen LogP contribution in [0.25, 0.3) is 0 Å². The fourth-order valence-electron chi connectivity index (χ4n) is 1.04. The molecular formula is C10H14FNO2. The zero-order valence-corrected chi connectivity index (χ0v) is 8.13. The normalized spacial score (nSPS) is 9.93. The standard InChI is InChI=1S/C10H14FNO2/c1-2-13-9-4-3-8(11)7-10(9)14-6-5-12/h3-4,7H,2,5-6,12H2,1H3. The molecule has 3 nitrogen and oxygen atoms in total. The van der Waals surface area contributed by atoms with Crippen molar-refractivity contribution in [3.63, 3.8) is 0 Å². The molecular weight excluding hydrogens is 185 g/mol. The van der Waals surface area contributed by atoms with Gasteiger partial charge in [0, 0.05) is 12.6 Å². The maximum Gasteiger partial charge on any atom is 0.164 e. The third-order valence-corrected chi connectivity index (χ3v) is 1.58. The molecule has 14 heavy (non-hydrogen) atoms. The van der Waals surface area contributed by atoms with E-state index in [0.717, 1.165) is 0 Å². The highest BCUT2D eigenvalue weighted by molar-refractivity contribution is 5.40. The molecule has 1 aromatic carbocycles. The van der Waals surface area contributed by atoms with Gasteiger partial charge < -0.3 is 15.2 Å². The van der Waals surface area contributed by atoms with Crippen molar-refractivity contribution < 1.29 is 13.9 Å². The molecule has 0 saturated heterocycles. The van der Waals surface area contributed by atoms with Gasteiger partial charge >= 0.3 is 0 Å². The summed E-state index contributed by atoms with van der Waals surface area (Å²) < 4.78 is 23.3. The zero-order chi connectivity index (χ0) is 10.4. The average Bonchev–Trinajstić information content (AvgIpc) is 2.18. The minimum absolute atomic E-state index is 0.347. The minimum atomic E-state index is -0.347. The van der Waals surface area contributed by atoms with E-state index in [2.05, 4.69) is 0 Å².